The van der Waals surface area contributed by atoms with Crippen molar-refractivity contribution in [2.75, 3.05) is 5.32 Å². The molecule has 0 bridgehead atoms. The molecule has 0 unspecified atom stereocenters. The SMILES string of the molecule is CC(C)Oc1ccc(NCc2ccc(F)c(Br)c2)cc1. The zero-order valence-corrected chi connectivity index (χ0v) is 13.1. The molecule has 0 aliphatic heterocycles. The molecule has 106 valence electrons. The van der Waals surface area contributed by atoms with Crippen molar-refractivity contribution in [3.8, 4) is 5.75 Å². The van der Waals surface area contributed by atoms with Gasteiger partial charge in [-0.1, -0.05) is 6.07 Å². The number of rotatable bonds is 5. The van der Waals surface area contributed by atoms with Gasteiger partial charge in [0.15, 0.2) is 0 Å². The molecule has 0 aliphatic rings. The second-order valence-electron chi connectivity index (χ2n) is 4.79. The Morgan fingerprint density at radius 2 is 1.85 bits per heavy atom. The van der Waals surface area contributed by atoms with E-state index in [0.717, 1.165) is 17.0 Å². The minimum Gasteiger partial charge on any atom is -0.491 e. The highest BCUT2D eigenvalue weighted by atomic mass is 79.9. The van der Waals surface area contributed by atoms with E-state index >= 15 is 0 Å². The van der Waals surface area contributed by atoms with Crippen LogP contribution >= 0.6 is 15.9 Å². The fourth-order valence-corrected chi connectivity index (χ4v) is 2.20. The summed E-state index contributed by atoms with van der Waals surface area (Å²) in [7, 11) is 0. The van der Waals surface area contributed by atoms with Crippen molar-refractivity contribution in [2.45, 2.75) is 26.5 Å². The van der Waals surface area contributed by atoms with E-state index < -0.39 is 0 Å². The maximum Gasteiger partial charge on any atom is 0.137 e. The van der Waals surface area contributed by atoms with Gasteiger partial charge >= 0.3 is 0 Å². The lowest BCUT2D eigenvalue weighted by atomic mass is 10.2. The molecule has 2 nitrogen and oxygen atoms in total. The standard InChI is InChI=1S/C16H17BrFNO/c1-11(2)20-14-6-4-13(5-7-14)19-10-12-3-8-16(18)15(17)9-12/h3-9,11,19H,10H2,1-2H3. The Hall–Kier alpha value is -1.55. The normalized spacial score (nSPS) is 10.7. The maximum atomic E-state index is 13.1. The topological polar surface area (TPSA) is 21.3 Å². The number of ether oxygens (including phenoxy) is 1. The first-order chi connectivity index (χ1) is 9.54. The third kappa shape index (κ3) is 4.23. The fraction of sp³-hybridized carbons (Fsp3) is 0.250. The maximum absolute atomic E-state index is 13.1. The molecule has 0 saturated carbocycles. The van der Waals surface area contributed by atoms with Crippen LogP contribution in [0.5, 0.6) is 5.75 Å². The van der Waals surface area contributed by atoms with Gasteiger partial charge in [-0.25, -0.2) is 4.39 Å². The minimum atomic E-state index is -0.246. The van der Waals surface area contributed by atoms with Crippen molar-refractivity contribution < 1.29 is 9.13 Å². The van der Waals surface area contributed by atoms with E-state index in [1.807, 2.05) is 38.1 Å². The van der Waals surface area contributed by atoms with E-state index in [9.17, 15) is 4.39 Å². The van der Waals surface area contributed by atoms with E-state index in [4.69, 9.17) is 4.74 Å². The van der Waals surface area contributed by atoms with E-state index in [0.29, 0.717) is 11.0 Å². The van der Waals surface area contributed by atoms with Gasteiger partial charge in [0.05, 0.1) is 10.6 Å². The van der Waals surface area contributed by atoms with Crippen LogP contribution in [-0.4, -0.2) is 6.10 Å². The zero-order valence-electron chi connectivity index (χ0n) is 11.5. The van der Waals surface area contributed by atoms with Gasteiger partial charge < -0.3 is 10.1 Å². The Labute approximate surface area is 127 Å². The van der Waals surface area contributed by atoms with E-state index in [1.54, 1.807) is 12.1 Å². The molecule has 0 aromatic heterocycles. The first kappa shape index (κ1) is 14.9. The molecule has 2 rings (SSSR count). The van der Waals surface area contributed by atoms with Crippen molar-refractivity contribution in [2.24, 2.45) is 0 Å². The minimum absolute atomic E-state index is 0.172. The summed E-state index contributed by atoms with van der Waals surface area (Å²) in [6.45, 7) is 4.64. The van der Waals surface area contributed by atoms with Gasteiger partial charge in [0.2, 0.25) is 0 Å². The van der Waals surface area contributed by atoms with Gasteiger partial charge in [-0.2, -0.15) is 0 Å². The van der Waals surface area contributed by atoms with Crippen molar-refractivity contribution in [3.63, 3.8) is 0 Å². The predicted molar refractivity (Wildman–Crippen MR) is 83.6 cm³/mol. The Balaban J connectivity index is 1.95. The predicted octanol–water partition coefficient (Wildman–Crippen LogP) is 4.99. The van der Waals surface area contributed by atoms with Crippen molar-refractivity contribution >= 4 is 21.6 Å². The van der Waals surface area contributed by atoms with Crippen molar-refractivity contribution in [1.82, 2.24) is 0 Å². The van der Waals surface area contributed by atoms with Crippen LogP contribution in [0.15, 0.2) is 46.9 Å². The molecule has 1 N–H and O–H groups in total. The van der Waals surface area contributed by atoms with Crippen LogP contribution in [0, 0.1) is 5.82 Å². The van der Waals surface area contributed by atoms with E-state index in [-0.39, 0.29) is 11.9 Å². The first-order valence-electron chi connectivity index (χ1n) is 6.49. The molecule has 2 aromatic carbocycles. The Kier molecular flexibility index (Phi) is 5.01. The average molecular weight is 338 g/mol. The second kappa shape index (κ2) is 6.75. The number of hydrogen-bond acceptors (Lipinski definition) is 2. The van der Waals surface area contributed by atoms with Crippen LogP contribution in [0.2, 0.25) is 0 Å². The molecule has 2 aromatic rings. The largest absolute Gasteiger partial charge is 0.491 e. The molecule has 0 atom stereocenters. The highest BCUT2D eigenvalue weighted by molar-refractivity contribution is 9.10. The molecule has 0 aliphatic carbocycles. The summed E-state index contributed by atoms with van der Waals surface area (Å²) < 4.78 is 19.2. The third-order valence-corrected chi connectivity index (χ3v) is 3.31. The smallest absolute Gasteiger partial charge is 0.137 e. The molecule has 20 heavy (non-hydrogen) atoms. The third-order valence-electron chi connectivity index (χ3n) is 2.71. The molecule has 4 heteroatoms. The molecule has 0 fully saturated rings. The van der Waals surface area contributed by atoms with Crippen LogP contribution < -0.4 is 10.1 Å². The molecule has 0 spiro atoms. The van der Waals surface area contributed by atoms with Gasteiger partial charge in [-0.05, 0) is 71.7 Å². The molecule has 0 amide bonds. The summed E-state index contributed by atoms with van der Waals surface area (Å²) >= 11 is 3.19. The van der Waals surface area contributed by atoms with Crippen LogP contribution in [0.4, 0.5) is 10.1 Å². The van der Waals surface area contributed by atoms with Crippen molar-refractivity contribution in [3.05, 3.63) is 58.3 Å². The van der Waals surface area contributed by atoms with Gasteiger partial charge in [0, 0.05) is 12.2 Å². The Morgan fingerprint density at radius 3 is 2.45 bits per heavy atom. The van der Waals surface area contributed by atoms with Crippen LogP contribution in [0.25, 0.3) is 0 Å². The average Bonchev–Trinajstić information content (AvgIpc) is 2.41. The highest BCUT2D eigenvalue weighted by Crippen LogP contribution is 2.20. The van der Waals surface area contributed by atoms with E-state index in [1.165, 1.54) is 6.07 Å². The number of hydrogen-bond donors (Lipinski definition) is 1. The summed E-state index contributed by atoms with van der Waals surface area (Å²) in [6, 6.07) is 12.8. The number of anilines is 1. The van der Waals surface area contributed by atoms with Crippen molar-refractivity contribution in [1.29, 1.82) is 0 Å². The van der Waals surface area contributed by atoms with Gasteiger partial charge in [-0.15, -0.1) is 0 Å². The Bertz CT molecular complexity index is 569. The second-order valence-corrected chi connectivity index (χ2v) is 5.65. The molecule has 0 heterocycles. The summed E-state index contributed by atoms with van der Waals surface area (Å²) in [5.74, 6) is 0.610. The lowest BCUT2D eigenvalue weighted by molar-refractivity contribution is 0.242. The monoisotopic (exact) mass is 337 g/mol. The van der Waals surface area contributed by atoms with Gasteiger partial charge in [0.25, 0.3) is 0 Å². The molecule has 0 saturated heterocycles. The molecular weight excluding hydrogens is 321 g/mol. The van der Waals surface area contributed by atoms with Gasteiger partial charge in [-0.3, -0.25) is 0 Å². The highest BCUT2D eigenvalue weighted by Gasteiger charge is 2.01. The van der Waals surface area contributed by atoms with Gasteiger partial charge in [0.1, 0.15) is 11.6 Å². The molecular formula is C16H17BrFNO. The summed E-state index contributed by atoms with van der Waals surface area (Å²) in [6.07, 6.45) is 0.172. The number of halogens is 2. The number of benzene rings is 2. The first-order valence-corrected chi connectivity index (χ1v) is 7.28. The van der Waals surface area contributed by atoms with E-state index in [2.05, 4.69) is 21.2 Å². The quantitative estimate of drug-likeness (QED) is 0.829. The zero-order chi connectivity index (χ0) is 14.5. The molecule has 0 radical (unpaired) electrons. The lowest BCUT2D eigenvalue weighted by Crippen LogP contribution is -2.05. The fourth-order valence-electron chi connectivity index (χ4n) is 1.78. The van der Waals surface area contributed by atoms with Crippen LogP contribution in [0.3, 0.4) is 0 Å². The van der Waals surface area contributed by atoms with Crippen LogP contribution in [-0.2, 0) is 6.54 Å². The summed E-state index contributed by atoms with van der Waals surface area (Å²) in [5, 5.41) is 3.29. The summed E-state index contributed by atoms with van der Waals surface area (Å²) in [4.78, 5) is 0. The number of nitrogens with one attached hydrogen (secondary N) is 1. The lowest BCUT2D eigenvalue weighted by Gasteiger charge is -2.11. The Morgan fingerprint density at radius 1 is 1.15 bits per heavy atom. The van der Waals surface area contributed by atoms with Crippen LogP contribution in [0.1, 0.15) is 19.4 Å². The summed E-state index contributed by atoms with van der Waals surface area (Å²) in [5.41, 5.74) is 2.02.